The molecule has 0 saturated carbocycles. The number of carbonyl (C=O) groups excluding carboxylic acids is 1. The minimum atomic E-state index is -0.239. The molecule has 1 aromatic rings. The van der Waals surface area contributed by atoms with Crippen molar-refractivity contribution in [1.29, 1.82) is 0 Å². The first-order valence-electron chi connectivity index (χ1n) is 7.13. The van der Waals surface area contributed by atoms with E-state index in [0.717, 1.165) is 6.42 Å². The number of carbonyl (C=O) groups is 1. The molecule has 0 aliphatic carbocycles. The Morgan fingerprint density at radius 2 is 2.33 bits per heavy atom. The molecule has 1 atom stereocenters. The van der Waals surface area contributed by atoms with Gasteiger partial charge in [-0.25, -0.2) is 4.68 Å². The van der Waals surface area contributed by atoms with Crippen molar-refractivity contribution < 1.29 is 14.3 Å². The molecule has 2 rings (SSSR count). The maximum absolute atomic E-state index is 12.5. The van der Waals surface area contributed by atoms with Crippen LogP contribution < -0.4 is 5.56 Å². The number of aromatic nitrogens is 2. The smallest absolute Gasteiger partial charge is 0.274 e. The van der Waals surface area contributed by atoms with Gasteiger partial charge in [0.2, 0.25) is 0 Å². The number of morpholine rings is 1. The van der Waals surface area contributed by atoms with Gasteiger partial charge in [0.05, 0.1) is 25.9 Å². The van der Waals surface area contributed by atoms with Gasteiger partial charge in [-0.3, -0.25) is 9.59 Å². The first-order valence-corrected chi connectivity index (χ1v) is 7.13. The molecular weight excluding hydrogens is 274 g/mol. The SMILES string of the molecule is CC[C@H]1CN(C(=O)c2ccc(=O)n(CCOC)n2)CCO1. The molecule has 7 nitrogen and oxygen atoms in total. The molecule has 1 amide bonds. The molecule has 0 radical (unpaired) electrons. The number of rotatable bonds is 5. The van der Waals surface area contributed by atoms with Crippen LogP contribution in [0.5, 0.6) is 0 Å². The highest BCUT2D eigenvalue weighted by molar-refractivity contribution is 5.92. The molecule has 116 valence electrons. The molecule has 7 heteroatoms. The van der Waals surface area contributed by atoms with Crippen molar-refractivity contribution in [2.45, 2.75) is 26.0 Å². The van der Waals surface area contributed by atoms with E-state index in [9.17, 15) is 9.59 Å². The van der Waals surface area contributed by atoms with Gasteiger partial charge in [0.1, 0.15) is 5.69 Å². The zero-order valence-corrected chi connectivity index (χ0v) is 12.4. The number of amides is 1. The molecule has 1 aliphatic rings. The van der Waals surface area contributed by atoms with E-state index in [1.807, 2.05) is 6.92 Å². The maximum atomic E-state index is 12.5. The Labute approximate surface area is 123 Å². The molecule has 1 saturated heterocycles. The lowest BCUT2D eigenvalue weighted by molar-refractivity contribution is -0.0229. The minimum Gasteiger partial charge on any atom is -0.383 e. The lowest BCUT2D eigenvalue weighted by Gasteiger charge is -2.32. The fourth-order valence-corrected chi connectivity index (χ4v) is 2.21. The van der Waals surface area contributed by atoms with Crippen LogP contribution in [0.3, 0.4) is 0 Å². The summed E-state index contributed by atoms with van der Waals surface area (Å²) in [6.07, 6.45) is 0.937. The van der Waals surface area contributed by atoms with E-state index in [1.165, 1.54) is 16.8 Å². The van der Waals surface area contributed by atoms with Gasteiger partial charge in [-0.15, -0.1) is 0 Å². The Balaban J connectivity index is 2.13. The second-order valence-corrected chi connectivity index (χ2v) is 4.92. The molecule has 0 spiro atoms. The summed E-state index contributed by atoms with van der Waals surface area (Å²) >= 11 is 0. The van der Waals surface area contributed by atoms with Crippen molar-refractivity contribution >= 4 is 5.91 Å². The molecule has 1 fully saturated rings. The highest BCUT2D eigenvalue weighted by atomic mass is 16.5. The molecule has 2 heterocycles. The number of hydrogen-bond donors (Lipinski definition) is 0. The Hall–Kier alpha value is -1.73. The van der Waals surface area contributed by atoms with Gasteiger partial charge in [-0.05, 0) is 12.5 Å². The zero-order valence-electron chi connectivity index (χ0n) is 12.4. The third-order valence-electron chi connectivity index (χ3n) is 3.47. The Bertz CT molecular complexity index is 543. The Kier molecular flexibility index (Phi) is 5.46. The van der Waals surface area contributed by atoms with Crippen molar-refractivity contribution in [3.05, 3.63) is 28.2 Å². The van der Waals surface area contributed by atoms with Crippen LogP contribution in [0.1, 0.15) is 23.8 Å². The lowest BCUT2D eigenvalue weighted by Crippen LogP contribution is -2.46. The van der Waals surface area contributed by atoms with Gasteiger partial charge in [0, 0.05) is 26.3 Å². The van der Waals surface area contributed by atoms with Gasteiger partial charge in [0.25, 0.3) is 11.5 Å². The molecular formula is C14H21N3O4. The summed E-state index contributed by atoms with van der Waals surface area (Å²) < 4.78 is 11.7. The monoisotopic (exact) mass is 295 g/mol. The summed E-state index contributed by atoms with van der Waals surface area (Å²) in [5.74, 6) is -0.164. The second kappa shape index (κ2) is 7.33. The van der Waals surface area contributed by atoms with Crippen molar-refractivity contribution in [2.75, 3.05) is 33.4 Å². The van der Waals surface area contributed by atoms with Crippen LogP contribution in [0.15, 0.2) is 16.9 Å². The summed E-state index contributed by atoms with van der Waals surface area (Å²) in [6.45, 7) is 4.38. The Morgan fingerprint density at radius 1 is 1.52 bits per heavy atom. The fraction of sp³-hybridized carbons (Fsp3) is 0.643. The van der Waals surface area contributed by atoms with Crippen LogP contribution in [0.25, 0.3) is 0 Å². The molecule has 1 aromatic heterocycles. The minimum absolute atomic E-state index is 0.0714. The van der Waals surface area contributed by atoms with E-state index < -0.39 is 0 Å². The highest BCUT2D eigenvalue weighted by Crippen LogP contribution is 2.10. The fourth-order valence-electron chi connectivity index (χ4n) is 2.21. The first kappa shape index (κ1) is 15.7. The van der Waals surface area contributed by atoms with Gasteiger partial charge in [-0.2, -0.15) is 5.10 Å². The third-order valence-corrected chi connectivity index (χ3v) is 3.47. The first-order chi connectivity index (χ1) is 10.2. The number of hydrogen-bond acceptors (Lipinski definition) is 5. The van der Waals surface area contributed by atoms with Crippen LogP contribution in [0.4, 0.5) is 0 Å². The predicted octanol–water partition coefficient (Wildman–Crippen LogP) is 0.141. The zero-order chi connectivity index (χ0) is 15.2. The molecule has 1 aliphatic heterocycles. The summed E-state index contributed by atoms with van der Waals surface area (Å²) in [7, 11) is 1.55. The second-order valence-electron chi connectivity index (χ2n) is 4.92. The average molecular weight is 295 g/mol. The number of methoxy groups -OCH3 is 1. The van der Waals surface area contributed by atoms with E-state index in [1.54, 1.807) is 12.0 Å². The van der Waals surface area contributed by atoms with E-state index in [0.29, 0.717) is 32.8 Å². The van der Waals surface area contributed by atoms with E-state index >= 15 is 0 Å². The van der Waals surface area contributed by atoms with Crippen LogP contribution in [0, 0.1) is 0 Å². The van der Waals surface area contributed by atoms with Crippen LogP contribution >= 0.6 is 0 Å². The van der Waals surface area contributed by atoms with E-state index in [-0.39, 0.29) is 23.3 Å². The summed E-state index contributed by atoms with van der Waals surface area (Å²) in [4.78, 5) is 25.9. The molecule has 0 aromatic carbocycles. The maximum Gasteiger partial charge on any atom is 0.274 e. The summed E-state index contributed by atoms with van der Waals surface area (Å²) in [5, 5.41) is 4.13. The van der Waals surface area contributed by atoms with Crippen molar-refractivity contribution in [2.24, 2.45) is 0 Å². The van der Waals surface area contributed by atoms with Gasteiger partial charge in [0.15, 0.2) is 0 Å². The number of nitrogens with zero attached hydrogens (tertiary/aromatic N) is 3. The predicted molar refractivity (Wildman–Crippen MR) is 76.3 cm³/mol. The number of ether oxygens (including phenoxy) is 2. The van der Waals surface area contributed by atoms with Gasteiger partial charge in [-0.1, -0.05) is 6.92 Å². The van der Waals surface area contributed by atoms with Gasteiger partial charge < -0.3 is 14.4 Å². The largest absolute Gasteiger partial charge is 0.383 e. The summed E-state index contributed by atoms with van der Waals surface area (Å²) in [5.41, 5.74) is 0.0412. The molecule has 21 heavy (non-hydrogen) atoms. The highest BCUT2D eigenvalue weighted by Gasteiger charge is 2.25. The van der Waals surface area contributed by atoms with E-state index in [2.05, 4.69) is 5.10 Å². The topological polar surface area (TPSA) is 73.7 Å². The van der Waals surface area contributed by atoms with Crippen LogP contribution in [-0.2, 0) is 16.0 Å². The van der Waals surface area contributed by atoms with Crippen LogP contribution in [0.2, 0.25) is 0 Å². The quantitative estimate of drug-likeness (QED) is 0.772. The lowest BCUT2D eigenvalue weighted by atomic mass is 10.2. The average Bonchev–Trinajstić information content (AvgIpc) is 2.53. The van der Waals surface area contributed by atoms with Crippen molar-refractivity contribution in [3.63, 3.8) is 0 Å². The third kappa shape index (κ3) is 3.89. The summed E-state index contributed by atoms with van der Waals surface area (Å²) in [6, 6.07) is 2.85. The Morgan fingerprint density at radius 3 is 3.05 bits per heavy atom. The van der Waals surface area contributed by atoms with E-state index in [4.69, 9.17) is 9.47 Å². The molecule has 0 N–H and O–H groups in total. The standard InChI is InChI=1S/C14H21N3O4/c1-3-11-10-16(6-9-21-11)14(19)12-4-5-13(18)17(15-12)7-8-20-2/h4-5,11H,3,6-10H2,1-2H3/t11-/m0/s1. The van der Waals surface area contributed by atoms with Crippen molar-refractivity contribution in [1.82, 2.24) is 14.7 Å². The molecule has 0 unspecified atom stereocenters. The van der Waals surface area contributed by atoms with Gasteiger partial charge >= 0.3 is 0 Å². The molecule has 0 bridgehead atoms. The normalized spacial score (nSPS) is 18.8. The van der Waals surface area contributed by atoms with Crippen molar-refractivity contribution in [3.8, 4) is 0 Å². The van der Waals surface area contributed by atoms with Crippen LogP contribution in [-0.4, -0.2) is 60.1 Å².